The van der Waals surface area contributed by atoms with Gasteiger partial charge in [0, 0.05) is 4.47 Å². The van der Waals surface area contributed by atoms with Crippen LogP contribution in [0.25, 0.3) is 10.9 Å². The third-order valence-corrected chi connectivity index (χ3v) is 3.91. The van der Waals surface area contributed by atoms with Crippen LogP contribution in [0.3, 0.4) is 0 Å². The monoisotopic (exact) mass is 309 g/mol. The fraction of sp³-hybridized carbons (Fsp3) is 0.333. The summed E-state index contributed by atoms with van der Waals surface area (Å²) in [5.74, 6) is 0. The third-order valence-electron chi connectivity index (χ3n) is 3.25. The number of rotatable bonds is 1. The van der Waals surface area contributed by atoms with Gasteiger partial charge in [0.15, 0.2) is 0 Å². The first kappa shape index (κ1) is 11.7. The third kappa shape index (κ3) is 1.72. The van der Waals surface area contributed by atoms with E-state index in [0.717, 1.165) is 19.4 Å². The van der Waals surface area contributed by atoms with Crippen LogP contribution in [0.4, 0.5) is 0 Å². The van der Waals surface area contributed by atoms with E-state index in [9.17, 15) is 9.59 Å². The van der Waals surface area contributed by atoms with Gasteiger partial charge in [0.1, 0.15) is 0 Å². The number of nitrogens with zero attached hydrogens (tertiary/aromatic N) is 1. The molecule has 1 aliphatic rings. The summed E-state index contributed by atoms with van der Waals surface area (Å²) >= 11 is 3.36. The predicted octanol–water partition coefficient (Wildman–Crippen LogP) is 1.33. The van der Waals surface area contributed by atoms with Crippen LogP contribution in [0.15, 0.2) is 32.3 Å². The Morgan fingerprint density at radius 1 is 1.33 bits per heavy atom. The molecule has 94 valence electrons. The molecule has 6 heteroatoms. The molecule has 1 atom stereocenters. The lowest BCUT2D eigenvalue weighted by molar-refractivity contribution is 0.439. The standard InChI is InChI=1S/C12H12BrN3O2/c13-7-3-1-4-8-10(7)11(17)16(12(18)15-8)9-5-2-6-14-9/h1,3-4,9,14H,2,5-6H2,(H,15,18). The highest BCUT2D eigenvalue weighted by Gasteiger charge is 2.21. The number of nitrogens with one attached hydrogen (secondary N) is 2. The number of aromatic amines is 1. The van der Waals surface area contributed by atoms with Crippen LogP contribution >= 0.6 is 15.9 Å². The van der Waals surface area contributed by atoms with E-state index < -0.39 is 0 Å². The molecular formula is C12H12BrN3O2. The second-order valence-corrected chi connectivity index (χ2v) is 5.23. The minimum atomic E-state index is -0.356. The molecule has 18 heavy (non-hydrogen) atoms. The molecule has 2 aromatic rings. The lowest BCUT2D eigenvalue weighted by Gasteiger charge is -2.13. The highest BCUT2D eigenvalue weighted by atomic mass is 79.9. The number of H-pyrrole nitrogens is 1. The molecule has 0 bridgehead atoms. The summed E-state index contributed by atoms with van der Waals surface area (Å²) in [5, 5.41) is 3.69. The first-order valence-electron chi connectivity index (χ1n) is 5.85. The minimum Gasteiger partial charge on any atom is -0.307 e. The number of halogens is 1. The van der Waals surface area contributed by atoms with Crippen molar-refractivity contribution in [1.29, 1.82) is 0 Å². The summed E-state index contributed by atoms with van der Waals surface area (Å²) in [6, 6.07) is 5.32. The predicted molar refractivity (Wildman–Crippen MR) is 72.8 cm³/mol. The van der Waals surface area contributed by atoms with Crippen molar-refractivity contribution in [2.45, 2.75) is 19.0 Å². The van der Waals surface area contributed by atoms with Crippen molar-refractivity contribution >= 4 is 26.8 Å². The van der Waals surface area contributed by atoms with Crippen molar-refractivity contribution in [2.24, 2.45) is 0 Å². The fourth-order valence-corrected chi connectivity index (χ4v) is 2.94. The van der Waals surface area contributed by atoms with E-state index >= 15 is 0 Å². The summed E-state index contributed by atoms with van der Waals surface area (Å²) < 4.78 is 1.98. The van der Waals surface area contributed by atoms with Gasteiger partial charge < -0.3 is 4.98 Å². The molecule has 0 saturated carbocycles. The average Bonchev–Trinajstić information content (AvgIpc) is 2.82. The van der Waals surface area contributed by atoms with Crippen molar-refractivity contribution in [3.05, 3.63) is 43.5 Å². The summed E-state index contributed by atoms with van der Waals surface area (Å²) in [7, 11) is 0. The molecule has 0 radical (unpaired) electrons. The SMILES string of the molecule is O=c1[nH]c2cccc(Br)c2c(=O)n1C1CCCN1. The summed E-state index contributed by atoms with van der Waals surface area (Å²) in [6.45, 7) is 0.838. The maximum Gasteiger partial charge on any atom is 0.330 e. The summed E-state index contributed by atoms with van der Waals surface area (Å²) in [5.41, 5.74) is -0.0424. The molecule has 1 unspecified atom stereocenters. The second kappa shape index (κ2) is 4.37. The quantitative estimate of drug-likeness (QED) is 0.835. The Kier molecular flexibility index (Phi) is 2.83. The van der Waals surface area contributed by atoms with Crippen LogP contribution in [-0.4, -0.2) is 16.1 Å². The van der Waals surface area contributed by atoms with Gasteiger partial charge in [-0.2, -0.15) is 0 Å². The van der Waals surface area contributed by atoms with Crippen molar-refractivity contribution in [2.75, 3.05) is 6.54 Å². The number of hydrogen-bond acceptors (Lipinski definition) is 3. The fourth-order valence-electron chi connectivity index (χ4n) is 2.40. The minimum absolute atomic E-state index is 0.197. The molecule has 2 heterocycles. The first-order chi connectivity index (χ1) is 8.68. The zero-order valence-corrected chi connectivity index (χ0v) is 11.2. The second-order valence-electron chi connectivity index (χ2n) is 4.38. The van der Waals surface area contributed by atoms with Crippen LogP contribution in [0, 0.1) is 0 Å². The van der Waals surface area contributed by atoms with E-state index in [1.165, 1.54) is 4.57 Å². The number of benzene rings is 1. The Morgan fingerprint density at radius 2 is 2.17 bits per heavy atom. The van der Waals surface area contributed by atoms with Crippen LogP contribution in [-0.2, 0) is 0 Å². The van der Waals surface area contributed by atoms with Gasteiger partial charge in [-0.25, -0.2) is 9.36 Å². The van der Waals surface area contributed by atoms with E-state index in [1.807, 2.05) is 0 Å². The van der Waals surface area contributed by atoms with Crippen molar-refractivity contribution in [3.63, 3.8) is 0 Å². The Balaban J connectivity index is 2.36. The Labute approximate surface area is 111 Å². The molecule has 1 aromatic heterocycles. The van der Waals surface area contributed by atoms with E-state index in [-0.39, 0.29) is 17.4 Å². The maximum atomic E-state index is 12.4. The van der Waals surface area contributed by atoms with Crippen LogP contribution < -0.4 is 16.6 Å². The smallest absolute Gasteiger partial charge is 0.307 e. The van der Waals surface area contributed by atoms with Crippen LogP contribution in [0.5, 0.6) is 0 Å². The van der Waals surface area contributed by atoms with Crippen molar-refractivity contribution < 1.29 is 0 Å². The van der Waals surface area contributed by atoms with Gasteiger partial charge in [-0.3, -0.25) is 10.1 Å². The molecule has 2 N–H and O–H groups in total. The lowest BCUT2D eigenvalue weighted by atomic mass is 10.2. The van der Waals surface area contributed by atoms with E-state index in [0.29, 0.717) is 15.4 Å². The number of aromatic nitrogens is 2. The zero-order valence-electron chi connectivity index (χ0n) is 9.57. The molecule has 1 aromatic carbocycles. The van der Waals surface area contributed by atoms with Gasteiger partial charge >= 0.3 is 5.69 Å². The van der Waals surface area contributed by atoms with E-state index in [1.54, 1.807) is 18.2 Å². The van der Waals surface area contributed by atoms with Gasteiger partial charge in [0.2, 0.25) is 0 Å². The van der Waals surface area contributed by atoms with Crippen molar-refractivity contribution in [1.82, 2.24) is 14.9 Å². The molecule has 1 saturated heterocycles. The molecule has 0 spiro atoms. The molecule has 5 nitrogen and oxygen atoms in total. The van der Waals surface area contributed by atoms with Gasteiger partial charge in [-0.1, -0.05) is 6.07 Å². The maximum absolute atomic E-state index is 12.4. The zero-order chi connectivity index (χ0) is 12.7. The van der Waals surface area contributed by atoms with Crippen molar-refractivity contribution in [3.8, 4) is 0 Å². The first-order valence-corrected chi connectivity index (χ1v) is 6.64. The molecule has 1 fully saturated rings. The topological polar surface area (TPSA) is 66.9 Å². The van der Waals surface area contributed by atoms with E-state index in [2.05, 4.69) is 26.2 Å². The highest BCUT2D eigenvalue weighted by Crippen LogP contribution is 2.19. The summed E-state index contributed by atoms with van der Waals surface area (Å²) in [6.07, 6.45) is 1.58. The van der Waals surface area contributed by atoms with Crippen LogP contribution in [0.1, 0.15) is 19.0 Å². The molecule has 0 amide bonds. The van der Waals surface area contributed by atoms with Gasteiger partial charge in [-0.15, -0.1) is 0 Å². The Hall–Kier alpha value is -1.40. The molecule has 0 aliphatic carbocycles. The van der Waals surface area contributed by atoms with Gasteiger partial charge in [-0.05, 0) is 47.4 Å². The lowest BCUT2D eigenvalue weighted by Crippen LogP contribution is -2.41. The van der Waals surface area contributed by atoms with Gasteiger partial charge in [0.25, 0.3) is 5.56 Å². The molecule has 3 rings (SSSR count). The Bertz CT molecular complexity index is 713. The normalized spacial score (nSPS) is 19.5. The number of fused-ring (bicyclic) bond motifs is 1. The van der Waals surface area contributed by atoms with E-state index in [4.69, 9.17) is 0 Å². The van der Waals surface area contributed by atoms with Crippen LogP contribution in [0.2, 0.25) is 0 Å². The number of hydrogen-bond donors (Lipinski definition) is 2. The molecular weight excluding hydrogens is 298 g/mol. The largest absolute Gasteiger partial charge is 0.330 e. The highest BCUT2D eigenvalue weighted by molar-refractivity contribution is 9.10. The summed E-state index contributed by atoms with van der Waals surface area (Å²) in [4.78, 5) is 27.2. The van der Waals surface area contributed by atoms with Gasteiger partial charge in [0.05, 0.1) is 17.1 Å². The molecule has 1 aliphatic heterocycles. The average molecular weight is 310 g/mol. The Morgan fingerprint density at radius 3 is 2.89 bits per heavy atom.